The van der Waals surface area contributed by atoms with Gasteiger partial charge < -0.3 is 15.0 Å². The molecule has 0 atom stereocenters. The van der Waals surface area contributed by atoms with Crippen molar-refractivity contribution in [3.8, 4) is 0 Å². The van der Waals surface area contributed by atoms with Gasteiger partial charge in [-0.25, -0.2) is 9.18 Å². The number of amides is 2. The Morgan fingerprint density at radius 1 is 1.11 bits per heavy atom. The number of likely N-dealkylation sites (N-methyl/N-ethyl adjacent to an activating group) is 1. The van der Waals surface area contributed by atoms with Gasteiger partial charge in [0.25, 0.3) is 5.91 Å². The van der Waals surface area contributed by atoms with Crippen molar-refractivity contribution in [2.24, 2.45) is 0 Å². The molecule has 0 aromatic heterocycles. The van der Waals surface area contributed by atoms with E-state index in [0.717, 1.165) is 16.5 Å². The Morgan fingerprint density at radius 2 is 1.79 bits per heavy atom. The Bertz CT molecular complexity index is 878. The lowest BCUT2D eigenvalue weighted by Gasteiger charge is -2.16. The number of hydrogen-bond donors (Lipinski definition) is 1. The van der Waals surface area contributed by atoms with E-state index >= 15 is 0 Å². The van der Waals surface area contributed by atoms with E-state index in [4.69, 9.17) is 4.74 Å². The van der Waals surface area contributed by atoms with E-state index in [1.807, 2.05) is 19.1 Å². The average molecular weight is 384 g/mol. The van der Waals surface area contributed by atoms with Gasteiger partial charge in [-0.1, -0.05) is 35.9 Å². The van der Waals surface area contributed by atoms with Crippen molar-refractivity contribution >= 4 is 29.5 Å². The van der Waals surface area contributed by atoms with Gasteiger partial charge in [-0.3, -0.25) is 9.59 Å². The molecule has 0 aliphatic heterocycles. The molecule has 2 rings (SSSR count). The molecule has 7 heteroatoms. The zero-order valence-electron chi connectivity index (χ0n) is 15.6. The topological polar surface area (TPSA) is 75.7 Å². The molecule has 0 bridgehead atoms. The van der Waals surface area contributed by atoms with Gasteiger partial charge in [-0.2, -0.15) is 0 Å². The van der Waals surface area contributed by atoms with Crippen LogP contribution in [-0.2, 0) is 19.1 Å². The normalized spacial score (nSPS) is 10.5. The monoisotopic (exact) mass is 384 g/mol. The molecule has 2 aromatic carbocycles. The molecular formula is C21H21FN2O4. The van der Waals surface area contributed by atoms with Crippen molar-refractivity contribution in [1.82, 2.24) is 4.90 Å². The van der Waals surface area contributed by atoms with Crippen LogP contribution in [-0.4, -0.2) is 42.9 Å². The highest BCUT2D eigenvalue weighted by Crippen LogP contribution is 2.09. The maximum atomic E-state index is 13.5. The van der Waals surface area contributed by atoms with Crippen molar-refractivity contribution in [3.63, 3.8) is 0 Å². The third-order valence-electron chi connectivity index (χ3n) is 3.78. The van der Waals surface area contributed by atoms with E-state index in [9.17, 15) is 18.8 Å². The summed E-state index contributed by atoms with van der Waals surface area (Å²) >= 11 is 0. The van der Waals surface area contributed by atoms with Crippen LogP contribution < -0.4 is 5.32 Å². The molecule has 2 aromatic rings. The molecule has 0 aliphatic carbocycles. The van der Waals surface area contributed by atoms with Crippen LogP contribution in [0.1, 0.15) is 11.1 Å². The van der Waals surface area contributed by atoms with Gasteiger partial charge >= 0.3 is 5.97 Å². The van der Waals surface area contributed by atoms with E-state index in [-0.39, 0.29) is 18.0 Å². The Morgan fingerprint density at radius 3 is 2.46 bits per heavy atom. The first-order valence-corrected chi connectivity index (χ1v) is 8.55. The predicted octanol–water partition coefficient (Wildman–Crippen LogP) is 2.79. The number of ether oxygens (including phenoxy) is 1. The van der Waals surface area contributed by atoms with E-state index in [1.165, 1.54) is 31.3 Å². The van der Waals surface area contributed by atoms with Gasteiger partial charge in [-0.05, 0) is 31.2 Å². The molecule has 0 unspecified atom stereocenters. The van der Waals surface area contributed by atoms with Gasteiger partial charge in [0.15, 0.2) is 6.61 Å². The van der Waals surface area contributed by atoms with Crippen LogP contribution >= 0.6 is 0 Å². The van der Waals surface area contributed by atoms with Gasteiger partial charge in [0.2, 0.25) is 5.91 Å². The van der Waals surface area contributed by atoms with Crippen molar-refractivity contribution < 1.29 is 23.5 Å². The Kier molecular flexibility index (Phi) is 7.45. The van der Waals surface area contributed by atoms with Crippen LogP contribution in [0.4, 0.5) is 10.1 Å². The summed E-state index contributed by atoms with van der Waals surface area (Å²) in [6, 6.07) is 13.2. The average Bonchev–Trinajstić information content (AvgIpc) is 2.67. The summed E-state index contributed by atoms with van der Waals surface area (Å²) in [5.41, 5.74) is 1.92. The molecule has 2 amide bonds. The molecular weight excluding hydrogens is 363 g/mol. The molecule has 0 spiro atoms. The molecule has 0 saturated heterocycles. The largest absolute Gasteiger partial charge is 0.452 e. The second-order valence-electron chi connectivity index (χ2n) is 6.13. The van der Waals surface area contributed by atoms with Crippen LogP contribution in [0.15, 0.2) is 54.6 Å². The number of rotatable bonds is 7. The van der Waals surface area contributed by atoms with Crippen LogP contribution in [0.25, 0.3) is 6.08 Å². The first-order valence-electron chi connectivity index (χ1n) is 8.55. The number of nitrogens with one attached hydrogen (secondary N) is 1. The number of carbonyl (C=O) groups is 3. The summed E-state index contributed by atoms with van der Waals surface area (Å²) in [6.07, 6.45) is 2.30. The fourth-order valence-corrected chi connectivity index (χ4v) is 2.20. The standard InChI is InChI=1S/C21H21FN2O4/c1-15-7-10-17(11-8-15)23-19(25)13-24(2)20(26)14-28-21(27)12-9-16-5-3-4-6-18(16)22/h3-12H,13-14H2,1-2H3,(H,23,25)/b12-9+. The highest BCUT2D eigenvalue weighted by atomic mass is 19.1. The number of hydrogen-bond acceptors (Lipinski definition) is 4. The Labute approximate surface area is 162 Å². The fourth-order valence-electron chi connectivity index (χ4n) is 2.20. The van der Waals surface area contributed by atoms with Crippen molar-refractivity contribution in [2.75, 3.05) is 25.5 Å². The first-order chi connectivity index (χ1) is 13.3. The molecule has 146 valence electrons. The molecule has 0 aliphatic rings. The highest BCUT2D eigenvalue weighted by molar-refractivity contribution is 5.95. The molecule has 0 saturated carbocycles. The zero-order valence-corrected chi connectivity index (χ0v) is 15.6. The summed E-state index contributed by atoms with van der Waals surface area (Å²) in [5.74, 6) is -2.16. The minimum absolute atomic E-state index is 0.185. The van der Waals surface area contributed by atoms with Gasteiger partial charge in [-0.15, -0.1) is 0 Å². The van der Waals surface area contributed by atoms with Crippen LogP contribution in [0.3, 0.4) is 0 Å². The Hall–Kier alpha value is -3.48. The number of halogens is 1. The fraction of sp³-hybridized carbons (Fsp3) is 0.190. The number of nitrogens with zero attached hydrogens (tertiary/aromatic N) is 1. The number of anilines is 1. The van der Waals surface area contributed by atoms with E-state index < -0.39 is 24.3 Å². The molecule has 0 radical (unpaired) electrons. The maximum Gasteiger partial charge on any atom is 0.331 e. The second kappa shape index (κ2) is 10.0. The lowest BCUT2D eigenvalue weighted by Crippen LogP contribution is -2.37. The minimum atomic E-state index is -0.783. The number of aryl methyl sites for hydroxylation is 1. The Balaban J connectivity index is 1.77. The second-order valence-corrected chi connectivity index (χ2v) is 6.13. The van der Waals surface area contributed by atoms with E-state index in [2.05, 4.69) is 5.32 Å². The maximum absolute atomic E-state index is 13.5. The van der Waals surface area contributed by atoms with E-state index in [0.29, 0.717) is 5.69 Å². The first kappa shape index (κ1) is 20.8. The minimum Gasteiger partial charge on any atom is -0.452 e. The van der Waals surface area contributed by atoms with E-state index in [1.54, 1.807) is 18.2 Å². The lowest BCUT2D eigenvalue weighted by atomic mass is 10.2. The van der Waals surface area contributed by atoms with Crippen molar-refractivity contribution in [1.29, 1.82) is 0 Å². The SMILES string of the molecule is Cc1ccc(NC(=O)CN(C)C(=O)COC(=O)/C=C/c2ccccc2F)cc1. The van der Waals surface area contributed by atoms with Crippen molar-refractivity contribution in [2.45, 2.75) is 6.92 Å². The predicted molar refractivity (Wildman–Crippen MR) is 104 cm³/mol. The van der Waals surface area contributed by atoms with Gasteiger partial charge in [0.05, 0.1) is 6.54 Å². The van der Waals surface area contributed by atoms with Crippen LogP contribution in [0.2, 0.25) is 0 Å². The molecule has 28 heavy (non-hydrogen) atoms. The van der Waals surface area contributed by atoms with Gasteiger partial charge in [0.1, 0.15) is 5.82 Å². The zero-order chi connectivity index (χ0) is 20.5. The number of carbonyl (C=O) groups excluding carboxylic acids is 3. The molecule has 0 fully saturated rings. The quantitative estimate of drug-likeness (QED) is 0.588. The van der Waals surface area contributed by atoms with Crippen LogP contribution in [0, 0.1) is 12.7 Å². The van der Waals surface area contributed by atoms with Gasteiger partial charge in [0, 0.05) is 24.4 Å². The third kappa shape index (κ3) is 6.68. The summed E-state index contributed by atoms with van der Waals surface area (Å²) in [4.78, 5) is 36.8. The number of esters is 1. The smallest absolute Gasteiger partial charge is 0.331 e. The summed E-state index contributed by atoms with van der Waals surface area (Å²) in [7, 11) is 1.43. The molecule has 1 N–H and O–H groups in total. The highest BCUT2D eigenvalue weighted by Gasteiger charge is 2.14. The molecule has 0 heterocycles. The summed E-state index contributed by atoms with van der Waals surface area (Å²) in [5, 5.41) is 2.68. The summed E-state index contributed by atoms with van der Waals surface area (Å²) in [6.45, 7) is 1.23. The number of benzene rings is 2. The van der Waals surface area contributed by atoms with Crippen LogP contribution in [0.5, 0.6) is 0 Å². The summed E-state index contributed by atoms with van der Waals surface area (Å²) < 4.78 is 18.3. The third-order valence-corrected chi connectivity index (χ3v) is 3.78. The molecule has 6 nitrogen and oxygen atoms in total. The van der Waals surface area contributed by atoms with Crippen molar-refractivity contribution in [3.05, 3.63) is 71.6 Å². The lowest BCUT2D eigenvalue weighted by molar-refractivity contribution is -0.148.